The summed E-state index contributed by atoms with van der Waals surface area (Å²) in [5.74, 6) is 0.983. The van der Waals surface area contributed by atoms with Gasteiger partial charge in [-0.25, -0.2) is 0 Å². The minimum Gasteiger partial charge on any atom is -0.0884 e. The Hall–Kier alpha value is 0.480. The lowest BCUT2D eigenvalue weighted by atomic mass is 9.71. The summed E-state index contributed by atoms with van der Waals surface area (Å²) >= 11 is 3.83. The van der Waals surface area contributed by atoms with Crippen LogP contribution in [-0.2, 0) is 0 Å². The van der Waals surface area contributed by atoms with Crippen molar-refractivity contribution in [1.29, 1.82) is 0 Å². The quantitative estimate of drug-likeness (QED) is 0.544. The summed E-state index contributed by atoms with van der Waals surface area (Å²) in [4.78, 5) is 0.781. The molecule has 0 nitrogen and oxygen atoms in total. The summed E-state index contributed by atoms with van der Waals surface area (Å²) in [5.41, 5.74) is 1.17. The van der Waals surface area contributed by atoms with Crippen molar-refractivity contribution in [2.45, 2.75) is 44.9 Å². The largest absolute Gasteiger partial charge is 0.0884 e. The van der Waals surface area contributed by atoms with Crippen molar-refractivity contribution in [2.75, 3.05) is 0 Å². The molecular weight excluding hydrogens is 200 g/mol. The van der Waals surface area contributed by atoms with Crippen LogP contribution in [0.25, 0.3) is 0 Å². The molecule has 1 heteroatoms. The van der Waals surface area contributed by atoms with Crippen LogP contribution in [0.5, 0.6) is 0 Å². The van der Waals surface area contributed by atoms with Crippen molar-refractivity contribution >= 4 is 15.9 Å². The van der Waals surface area contributed by atoms with Gasteiger partial charge in [-0.15, -0.1) is 0 Å². The Morgan fingerprint density at radius 1 is 1.27 bits per heavy atom. The van der Waals surface area contributed by atoms with Gasteiger partial charge in [0.2, 0.25) is 0 Å². The van der Waals surface area contributed by atoms with Gasteiger partial charge in [-0.1, -0.05) is 36.7 Å². The van der Waals surface area contributed by atoms with Crippen molar-refractivity contribution in [2.24, 2.45) is 16.7 Å². The van der Waals surface area contributed by atoms with Gasteiger partial charge in [0.05, 0.1) is 0 Å². The van der Waals surface area contributed by atoms with Crippen LogP contribution >= 0.6 is 15.9 Å². The number of hydrogen-bond acceptors (Lipinski definition) is 0. The Kier molecular flexibility index (Phi) is 1.50. The fraction of sp³-hybridized carbons (Fsp3) is 1.00. The maximum atomic E-state index is 3.83. The fourth-order valence-corrected chi connectivity index (χ4v) is 4.38. The van der Waals surface area contributed by atoms with Gasteiger partial charge >= 0.3 is 0 Å². The van der Waals surface area contributed by atoms with Gasteiger partial charge in [0.25, 0.3) is 0 Å². The first-order chi connectivity index (χ1) is 4.98. The zero-order valence-corrected chi connectivity index (χ0v) is 9.24. The van der Waals surface area contributed by atoms with Crippen LogP contribution in [0.4, 0.5) is 0 Å². The summed E-state index contributed by atoms with van der Waals surface area (Å²) in [5, 5.41) is 0. The Balaban J connectivity index is 2.40. The molecule has 0 N–H and O–H groups in total. The average Bonchev–Trinajstić information content (AvgIpc) is 2.20. The van der Waals surface area contributed by atoms with Crippen LogP contribution in [0.15, 0.2) is 0 Å². The summed E-state index contributed by atoms with van der Waals surface area (Å²) in [6.45, 7) is 7.36. The van der Waals surface area contributed by atoms with E-state index in [-0.39, 0.29) is 0 Å². The molecule has 2 fully saturated rings. The third kappa shape index (κ3) is 0.760. The molecule has 0 heterocycles. The van der Waals surface area contributed by atoms with Gasteiger partial charge in [-0.3, -0.25) is 0 Å². The van der Waals surface area contributed by atoms with Crippen molar-refractivity contribution in [3.8, 4) is 0 Å². The van der Waals surface area contributed by atoms with E-state index in [1.54, 1.807) is 0 Å². The van der Waals surface area contributed by atoms with E-state index in [0.29, 0.717) is 10.8 Å². The molecule has 11 heavy (non-hydrogen) atoms. The van der Waals surface area contributed by atoms with Crippen LogP contribution in [-0.4, -0.2) is 4.83 Å². The fourth-order valence-electron chi connectivity index (χ4n) is 3.11. The van der Waals surface area contributed by atoms with E-state index in [1.807, 2.05) is 0 Å². The number of fused-ring (bicyclic) bond motifs is 2. The van der Waals surface area contributed by atoms with Gasteiger partial charge in [0.15, 0.2) is 0 Å². The van der Waals surface area contributed by atoms with Gasteiger partial charge in [0, 0.05) is 4.83 Å². The van der Waals surface area contributed by atoms with Gasteiger partial charge in [-0.2, -0.15) is 0 Å². The summed E-state index contributed by atoms with van der Waals surface area (Å²) in [6, 6.07) is 0. The van der Waals surface area contributed by atoms with Crippen LogP contribution in [0.2, 0.25) is 0 Å². The van der Waals surface area contributed by atoms with Gasteiger partial charge < -0.3 is 0 Å². The summed E-state index contributed by atoms with van der Waals surface area (Å²) in [7, 11) is 0. The van der Waals surface area contributed by atoms with Crippen LogP contribution < -0.4 is 0 Å². The van der Waals surface area contributed by atoms with E-state index in [0.717, 1.165) is 10.7 Å². The van der Waals surface area contributed by atoms with Gasteiger partial charge in [-0.05, 0) is 36.0 Å². The number of halogens is 1. The Bertz CT molecular complexity index is 185. The van der Waals surface area contributed by atoms with Crippen molar-refractivity contribution < 1.29 is 0 Å². The Morgan fingerprint density at radius 3 is 2.09 bits per heavy atom. The molecule has 3 atom stereocenters. The smallest absolute Gasteiger partial charge is 0.0207 e. The molecule has 0 aromatic rings. The maximum absolute atomic E-state index is 3.83. The highest BCUT2D eigenvalue weighted by atomic mass is 79.9. The first-order valence-electron chi connectivity index (χ1n) is 4.62. The molecule has 0 aromatic heterocycles. The summed E-state index contributed by atoms with van der Waals surface area (Å²) < 4.78 is 0. The molecule has 2 aliphatic rings. The normalized spacial score (nSPS) is 53.5. The molecule has 0 radical (unpaired) electrons. The van der Waals surface area contributed by atoms with E-state index in [9.17, 15) is 0 Å². The zero-order chi connectivity index (χ0) is 8.28. The molecule has 0 unspecified atom stereocenters. The first-order valence-corrected chi connectivity index (χ1v) is 5.54. The molecule has 2 rings (SSSR count). The van der Waals surface area contributed by atoms with Gasteiger partial charge in [0.1, 0.15) is 0 Å². The third-order valence-corrected chi connectivity index (χ3v) is 6.07. The summed E-state index contributed by atoms with van der Waals surface area (Å²) in [6.07, 6.45) is 4.30. The predicted molar refractivity (Wildman–Crippen MR) is 51.9 cm³/mol. The lowest BCUT2D eigenvalue weighted by Gasteiger charge is -2.36. The number of hydrogen-bond donors (Lipinski definition) is 0. The minimum absolute atomic E-state index is 0.581. The second kappa shape index (κ2) is 2.04. The maximum Gasteiger partial charge on any atom is 0.0207 e. The topological polar surface area (TPSA) is 0 Å². The highest BCUT2D eigenvalue weighted by Gasteiger charge is 2.60. The van der Waals surface area contributed by atoms with Crippen LogP contribution in [0.1, 0.15) is 40.0 Å². The molecule has 0 spiro atoms. The highest BCUT2D eigenvalue weighted by Crippen LogP contribution is 2.67. The second-order valence-corrected chi connectivity index (χ2v) is 6.18. The van der Waals surface area contributed by atoms with Crippen LogP contribution in [0, 0.1) is 16.7 Å². The third-order valence-electron chi connectivity index (χ3n) is 4.69. The molecule has 0 saturated heterocycles. The first kappa shape index (κ1) is 8.10. The average molecular weight is 217 g/mol. The number of alkyl halides is 1. The standard InChI is InChI=1S/C10H17Br/c1-9(2)7-4-5-10(9,3)8(11)6-7/h7-8H,4-6H2,1-3H3/t7-,8+,10+/m1/s1. The molecule has 2 bridgehead atoms. The monoisotopic (exact) mass is 216 g/mol. The minimum atomic E-state index is 0.581. The predicted octanol–water partition coefficient (Wildman–Crippen LogP) is 3.60. The SMILES string of the molecule is CC1(C)[C@@H]2CC[C@@]1(C)[C@@H](Br)C2. The van der Waals surface area contributed by atoms with Crippen molar-refractivity contribution in [1.82, 2.24) is 0 Å². The van der Waals surface area contributed by atoms with E-state index in [1.165, 1.54) is 19.3 Å². The number of rotatable bonds is 0. The lowest BCUT2D eigenvalue weighted by Crippen LogP contribution is -2.32. The molecule has 0 aromatic carbocycles. The van der Waals surface area contributed by atoms with Crippen molar-refractivity contribution in [3.05, 3.63) is 0 Å². The van der Waals surface area contributed by atoms with E-state index < -0.39 is 0 Å². The van der Waals surface area contributed by atoms with Crippen LogP contribution in [0.3, 0.4) is 0 Å². The van der Waals surface area contributed by atoms with E-state index >= 15 is 0 Å². The van der Waals surface area contributed by atoms with E-state index in [2.05, 4.69) is 36.7 Å². The zero-order valence-electron chi connectivity index (χ0n) is 7.65. The lowest BCUT2D eigenvalue weighted by molar-refractivity contribution is 0.158. The molecule has 2 aliphatic carbocycles. The molecule has 64 valence electrons. The Labute approximate surface area is 77.9 Å². The molecular formula is C10H17Br. The second-order valence-electron chi connectivity index (χ2n) is 5.08. The Morgan fingerprint density at radius 2 is 1.91 bits per heavy atom. The van der Waals surface area contributed by atoms with Crippen molar-refractivity contribution in [3.63, 3.8) is 0 Å². The highest BCUT2D eigenvalue weighted by molar-refractivity contribution is 9.09. The molecule has 2 saturated carbocycles. The van der Waals surface area contributed by atoms with E-state index in [4.69, 9.17) is 0 Å². The molecule has 0 aliphatic heterocycles. The molecule has 0 amide bonds.